The predicted octanol–water partition coefficient (Wildman–Crippen LogP) is 2.19. The lowest BCUT2D eigenvalue weighted by atomic mass is 10.1. The third-order valence-electron chi connectivity index (χ3n) is 4.35. The Bertz CT molecular complexity index is 740. The Balaban J connectivity index is 1.86. The first-order chi connectivity index (χ1) is 11.2. The molecule has 0 aliphatic heterocycles. The number of aromatic nitrogens is 1. The summed E-state index contributed by atoms with van der Waals surface area (Å²) in [7, 11) is 0. The number of aryl methyl sites for hydroxylation is 1. The van der Waals surface area contributed by atoms with E-state index in [1.807, 2.05) is 35.0 Å². The van der Waals surface area contributed by atoms with E-state index in [9.17, 15) is 9.90 Å². The Hall–Kier alpha value is -2.16. The fraction of sp³-hybridized carbons (Fsp3) is 0.444. The zero-order valence-electron chi connectivity index (χ0n) is 13.1. The average molecular weight is 311 g/mol. The van der Waals surface area contributed by atoms with Gasteiger partial charge in [-0.05, 0) is 18.9 Å². The molecule has 120 valence electrons. The van der Waals surface area contributed by atoms with Gasteiger partial charge in [0.2, 0.25) is 0 Å². The average Bonchev–Trinajstić information content (AvgIpc) is 3.34. The van der Waals surface area contributed by atoms with Crippen molar-refractivity contribution in [3.05, 3.63) is 36.0 Å². The van der Waals surface area contributed by atoms with Gasteiger partial charge < -0.3 is 9.67 Å². The third kappa shape index (κ3) is 3.44. The second kappa shape index (κ2) is 6.95. The van der Waals surface area contributed by atoms with Crippen LogP contribution in [-0.2, 0) is 6.54 Å². The quantitative estimate of drug-likeness (QED) is 0.759. The number of benzene rings is 1. The lowest BCUT2D eigenvalue weighted by molar-refractivity contribution is 0.0908. The molecule has 0 spiro atoms. The maximum Gasteiger partial charge on any atom is 0.178 e. The van der Waals surface area contributed by atoms with Crippen molar-refractivity contribution in [1.29, 1.82) is 5.26 Å². The maximum atomic E-state index is 12.8. The Kier molecular flexibility index (Phi) is 4.75. The van der Waals surface area contributed by atoms with Crippen molar-refractivity contribution < 1.29 is 9.90 Å². The molecule has 3 rings (SSSR count). The van der Waals surface area contributed by atoms with Crippen LogP contribution in [0.15, 0.2) is 30.5 Å². The first-order valence-electron chi connectivity index (χ1n) is 8.07. The Morgan fingerprint density at radius 1 is 1.39 bits per heavy atom. The van der Waals surface area contributed by atoms with Gasteiger partial charge in [0.1, 0.15) is 0 Å². The first-order valence-corrected chi connectivity index (χ1v) is 8.07. The number of carbonyl (C=O) groups is 1. The van der Waals surface area contributed by atoms with E-state index < -0.39 is 0 Å². The molecule has 2 aromatic rings. The minimum Gasteiger partial charge on any atom is -0.395 e. The van der Waals surface area contributed by atoms with Crippen molar-refractivity contribution in [2.75, 3.05) is 19.7 Å². The molecular formula is C18H21N3O2. The van der Waals surface area contributed by atoms with Gasteiger partial charge in [0.05, 0.1) is 25.6 Å². The standard InChI is InChI=1S/C18H21N3O2/c19-8-3-9-21-12-16(15-4-1-2-5-17(15)21)18(23)13-20(10-11-22)14-6-7-14/h1-2,4-5,12,14,22H,3,6-7,9-11,13H2. The summed E-state index contributed by atoms with van der Waals surface area (Å²) in [5, 5.41) is 18.9. The predicted molar refractivity (Wildman–Crippen MR) is 88.2 cm³/mol. The van der Waals surface area contributed by atoms with Gasteiger partial charge in [0, 0.05) is 41.8 Å². The smallest absolute Gasteiger partial charge is 0.178 e. The van der Waals surface area contributed by atoms with Crippen molar-refractivity contribution in [3.8, 4) is 6.07 Å². The van der Waals surface area contributed by atoms with Gasteiger partial charge >= 0.3 is 0 Å². The number of aliphatic hydroxyl groups excluding tert-OH is 1. The third-order valence-corrected chi connectivity index (χ3v) is 4.35. The van der Waals surface area contributed by atoms with Crippen LogP contribution in [0.5, 0.6) is 0 Å². The molecule has 1 saturated carbocycles. The summed E-state index contributed by atoms with van der Waals surface area (Å²) < 4.78 is 1.99. The Morgan fingerprint density at radius 3 is 2.87 bits per heavy atom. The molecule has 0 unspecified atom stereocenters. The SMILES string of the molecule is N#CCCn1cc(C(=O)CN(CCO)C2CC2)c2ccccc21. The maximum absolute atomic E-state index is 12.8. The molecule has 1 heterocycles. The van der Waals surface area contributed by atoms with E-state index in [4.69, 9.17) is 5.26 Å². The van der Waals surface area contributed by atoms with E-state index in [-0.39, 0.29) is 12.4 Å². The number of nitrogens with zero attached hydrogens (tertiary/aromatic N) is 3. The fourth-order valence-electron chi connectivity index (χ4n) is 3.05. The minimum absolute atomic E-state index is 0.0771. The van der Waals surface area contributed by atoms with Gasteiger partial charge in [0.25, 0.3) is 0 Å². The van der Waals surface area contributed by atoms with E-state index >= 15 is 0 Å². The molecule has 1 aliphatic rings. The van der Waals surface area contributed by atoms with Gasteiger partial charge in [0.15, 0.2) is 5.78 Å². The van der Waals surface area contributed by atoms with E-state index in [2.05, 4.69) is 11.0 Å². The van der Waals surface area contributed by atoms with E-state index in [1.165, 1.54) is 0 Å². The molecule has 0 atom stereocenters. The van der Waals surface area contributed by atoms with Crippen LogP contribution in [0.4, 0.5) is 0 Å². The van der Waals surface area contributed by atoms with Crippen LogP contribution in [0.1, 0.15) is 29.6 Å². The van der Waals surface area contributed by atoms with Crippen LogP contribution in [0.2, 0.25) is 0 Å². The van der Waals surface area contributed by atoms with Crippen LogP contribution >= 0.6 is 0 Å². The van der Waals surface area contributed by atoms with Crippen LogP contribution < -0.4 is 0 Å². The number of aliphatic hydroxyl groups is 1. The molecule has 23 heavy (non-hydrogen) atoms. The molecular weight excluding hydrogens is 290 g/mol. The van der Waals surface area contributed by atoms with Gasteiger partial charge in [-0.25, -0.2) is 0 Å². The number of ketones is 1. The van der Waals surface area contributed by atoms with E-state index in [0.29, 0.717) is 37.7 Å². The number of rotatable bonds is 8. The van der Waals surface area contributed by atoms with Crippen molar-refractivity contribution >= 4 is 16.7 Å². The number of nitriles is 1. The molecule has 0 amide bonds. The second-order valence-corrected chi connectivity index (χ2v) is 6.01. The van der Waals surface area contributed by atoms with E-state index in [1.54, 1.807) is 0 Å². The summed E-state index contributed by atoms with van der Waals surface area (Å²) in [6.07, 6.45) is 4.51. The number of para-hydroxylation sites is 1. The molecule has 5 nitrogen and oxygen atoms in total. The Labute approximate surface area is 135 Å². The van der Waals surface area contributed by atoms with Crippen molar-refractivity contribution in [1.82, 2.24) is 9.47 Å². The molecule has 0 saturated heterocycles. The van der Waals surface area contributed by atoms with Crippen LogP contribution in [0, 0.1) is 11.3 Å². The minimum atomic E-state index is 0.0771. The summed E-state index contributed by atoms with van der Waals surface area (Å²) in [5.74, 6) is 0.0808. The number of carbonyl (C=O) groups excluding carboxylic acids is 1. The number of hydrogen-bond donors (Lipinski definition) is 1. The summed E-state index contributed by atoms with van der Waals surface area (Å²) >= 11 is 0. The zero-order valence-corrected chi connectivity index (χ0v) is 13.1. The highest BCUT2D eigenvalue weighted by atomic mass is 16.3. The van der Waals surface area contributed by atoms with Gasteiger partial charge in [-0.3, -0.25) is 9.69 Å². The number of Topliss-reactive ketones (excluding diaryl/α,β-unsaturated/α-hetero) is 1. The molecule has 0 radical (unpaired) electrons. The van der Waals surface area contributed by atoms with Crippen LogP contribution in [-0.4, -0.2) is 46.1 Å². The number of fused-ring (bicyclic) bond motifs is 1. The van der Waals surface area contributed by atoms with Crippen LogP contribution in [0.3, 0.4) is 0 Å². The zero-order chi connectivity index (χ0) is 16.2. The molecule has 5 heteroatoms. The Morgan fingerprint density at radius 2 is 2.17 bits per heavy atom. The lowest BCUT2D eigenvalue weighted by Crippen LogP contribution is -2.34. The van der Waals surface area contributed by atoms with E-state index in [0.717, 1.165) is 23.7 Å². The van der Waals surface area contributed by atoms with Crippen molar-refractivity contribution in [3.63, 3.8) is 0 Å². The van der Waals surface area contributed by atoms with Gasteiger partial charge in [-0.1, -0.05) is 18.2 Å². The molecule has 1 aliphatic carbocycles. The van der Waals surface area contributed by atoms with Crippen LogP contribution in [0.25, 0.3) is 10.9 Å². The lowest BCUT2D eigenvalue weighted by Gasteiger charge is -2.19. The number of hydrogen-bond acceptors (Lipinski definition) is 4. The second-order valence-electron chi connectivity index (χ2n) is 6.01. The fourth-order valence-corrected chi connectivity index (χ4v) is 3.05. The van der Waals surface area contributed by atoms with Crippen molar-refractivity contribution in [2.45, 2.75) is 31.8 Å². The first kappa shape index (κ1) is 15.7. The highest BCUT2D eigenvalue weighted by Crippen LogP contribution is 2.28. The molecule has 1 fully saturated rings. The molecule has 1 aromatic carbocycles. The van der Waals surface area contributed by atoms with Gasteiger partial charge in [-0.15, -0.1) is 0 Å². The highest BCUT2D eigenvalue weighted by Gasteiger charge is 2.30. The molecule has 1 N–H and O–H groups in total. The monoisotopic (exact) mass is 311 g/mol. The van der Waals surface area contributed by atoms with Gasteiger partial charge in [-0.2, -0.15) is 5.26 Å². The molecule has 0 bridgehead atoms. The normalized spacial score (nSPS) is 14.3. The topological polar surface area (TPSA) is 69.3 Å². The summed E-state index contributed by atoms with van der Waals surface area (Å²) in [6.45, 7) is 1.56. The highest BCUT2D eigenvalue weighted by molar-refractivity contribution is 6.09. The summed E-state index contributed by atoms with van der Waals surface area (Å²) in [5.41, 5.74) is 1.70. The molecule has 1 aromatic heterocycles. The van der Waals surface area contributed by atoms with Crippen molar-refractivity contribution in [2.24, 2.45) is 0 Å². The summed E-state index contributed by atoms with van der Waals surface area (Å²) in [4.78, 5) is 14.8. The summed E-state index contributed by atoms with van der Waals surface area (Å²) in [6, 6.07) is 10.4. The largest absolute Gasteiger partial charge is 0.395 e.